The van der Waals surface area contributed by atoms with E-state index in [-0.39, 0.29) is 17.3 Å². The van der Waals surface area contributed by atoms with Gasteiger partial charge in [0.1, 0.15) is 11.4 Å². The number of amides is 1. The van der Waals surface area contributed by atoms with Gasteiger partial charge >= 0.3 is 5.97 Å². The summed E-state index contributed by atoms with van der Waals surface area (Å²) in [6.45, 7) is 4.42. The molecule has 1 amide bonds. The van der Waals surface area contributed by atoms with Gasteiger partial charge in [0.05, 0.1) is 0 Å². The van der Waals surface area contributed by atoms with E-state index in [0.717, 1.165) is 5.56 Å². The van der Waals surface area contributed by atoms with Gasteiger partial charge in [0, 0.05) is 13.1 Å². The third kappa shape index (κ3) is 3.79. The predicted molar refractivity (Wildman–Crippen MR) is 82.6 cm³/mol. The predicted octanol–water partition coefficient (Wildman–Crippen LogP) is 2.61. The largest absolute Gasteiger partial charge is 0.477 e. The molecule has 0 bridgehead atoms. The number of aromatic carboxylic acids is 1. The SMILES string of the molecule is C=CCN(Cc1ccccc1)C(=O)c1cccc(C(=O)O)n1. The first kappa shape index (κ1) is 15.4. The van der Waals surface area contributed by atoms with E-state index in [1.165, 1.54) is 18.2 Å². The lowest BCUT2D eigenvalue weighted by Gasteiger charge is -2.21. The van der Waals surface area contributed by atoms with Crippen molar-refractivity contribution in [1.29, 1.82) is 0 Å². The Balaban J connectivity index is 2.24. The minimum atomic E-state index is -1.16. The highest BCUT2D eigenvalue weighted by molar-refractivity contribution is 5.94. The highest BCUT2D eigenvalue weighted by Crippen LogP contribution is 2.09. The van der Waals surface area contributed by atoms with Crippen molar-refractivity contribution >= 4 is 11.9 Å². The maximum atomic E-state index is 12.5. The number of carboxylic acid groups (broad SMARTS) is 1. The second kappa shape index (κ2) is 7.17. The van der Waals surface area contributed by atoms with Crippen LogP contribution in [-0.2, 0) is 6.54 Å². The summed E-state index contributed by atoms with van der Waals surface area (Å²) in [6.07, 6.45) is 1.63. The number of hydrogen-bond acceptors (Lipinski definition) is 3. The van der Waals surface area contributed by atoms with Crippen LogP contribution in [0.1, 0.15) is 26.5 Å². The molecule has 5 nitrogen and oxygen atoms in total. The Morgan fingerprint density at radius 3 is 2.41 bits per heavy atom. The van der Waals surface area contributed by atoms with Gasteiger partial charge in [0.25, 0.3) is 5.91 Å². The first-order valence-corrected chi connectivity index (χ1v) is 6.76. The van der Waals surface area contributed by atoms with Crippen molar-refractivity contribution in [1.82, 2.24) is 9.88 Å². The molecular weight excluding hydrogens is 280 g/mol. The van der Waals surface area contributed by atoms with Gasteiger partial charge in [-0.15, -0.1) is 6.58 Å². The zero-order valence-corrected chi connectivity index (χ0v) is 12.0. The maximum Gasteiger partial charge on any atom is 0.354 e. The molecule has 0 aliphatic carbocycles. The van der Waals surface area contributed by atoms with Gasteiger partial charge < -0.3 is 10.0 Å². The zero-order valence-electron chi connectivity index (χ0n) is 12.0. The van der Waals surface area contributed by atoms with Crippen LogP contribution in [0.2, 0.25) is 0 Å². The van der Waals surface area contributed by atoms with E-state index in [1.807, 2.05) is 30.3 Å². The Morgan fingerprint density at radius 1 is 1.09 bits per heavy atom. The van der Waals surface area contributed by atoms with Crippen molar-refractivity contribution < 1.29 is 14.7 Å². The summed E-state index contributed by atoms with van der Waals surface area (Å²) in [4.78, 5) is 29.0. The maximum absolute atomic E-state index is 12.5. The molecule has 2 rings (SSSR count). The topological polar surface area (TPSA) is 70.5 Å². The molecule has 0 atom stereocenters. The Labute approximate surface area is 128 Å². The Kier molecular flexibility index (Phi) is 5.03. The third-order valence-corrected chi connectivity index (χ3v) is 3.04. The highest BCUT2D eigenvalue weighted by Gasteiger charge is 2.17. The van der Waals surface area contributed by atoms with E-state index in [0.29, 0.717) is 13.1 Å². The molecule has 0 saturated carbocycles. The summed E-state index contributed by atoms with van der Waals surface area (Å²) in [6, 6.07) is 13.9. The summed E-state index contributed by atoms with van der Waals surface area (Å²) in [7, 11) is 0. The second-order valence-corrected chi connectivity index (χ2v) is 4.67. The fourth-order valence-corrected chi connectivity index (χ4v) is 2.01. The van der Waals surface area contributed by atoms with Crippen LogP contribution in [0.3, 0.4) is 0 Å². The van der Waals surface area contributed by atoms with E-state index < -0.39 is 5.97 Å². The van der Waals surface area contributed by atoms with Gasteiger partial charge in [-0.1, -0.05) is 42.5 Å². The number of carbonyl (C=O) groups is 2. The summed E-state index contributed by atoms with van der Waals surface area (Å²) >= 11 is 0. The molecule has 22 heavy (non-hydrogen) atoms. The number of carbonyl (C=O) groups excluding carboxylic acids is 1. The van der Waals surface area contributed by atoms with Crippen molar-refractivity contribution in [3.8, 4) is 0 Å². The van der Waals surface area contributed by atoms with E-state index >= 15 is 0 Å². The minimum Gasteiger partial charge on any atom is -0.477 e. The Hall–Kier alpha value is -2.95. The molecule has 0 aliphatic rings. The van der Waals surface area contributed by atoms with Gasteiger partial charge in [0.15, 0.2) is 0 Å². The van der Waals surface area contributed by atoms with Crippen molar-refractivity contribution in [3.05, 3.63) is 78.1 Å². The first-order chi connectivity index (χ1) is 10.6. The van der Waals surface area contributed by atoms with Crippen molar-refractivity contribution in [2.24, 2.45) is 0 Å². The van der Waals surface area contributed by atoms with Crippen LogP contribution in [0.5, 0.6) is 0 Å². The number of carboxylic acids is 1. The van der Waals surface area contributed by atoms with Crippen molar-refractivity contribution in [2.75, 3.05) is 6.54 Å². The lowest BCUT2D eigenvalue weighted by molar-refractivity contribution is 0.0690. The monoisotopic (exact) mass is 296 g/mol. The molecule has 5 heteroatoms. The normalized spacial score (nSPS) is 10.0. The second-order valence-electron chi connectivity index (χ2n) is 4.67. The van der Waals surface area contributed by atoms with E-state index in [4.69, 9.17) is 5.11 Å². The van der Waals surface area contributed by atoms with Gasteiger partial charge in [-0.05, 0) is 17.7 Å². The average Bonchev–Trinajstić information content (AvgIpc) is 2.55. The van der Waals surface area contributed by atoms with Crippen molar-refractivity contribution in [3.63, 3.8) is 0 Å². The number of nitrogens with zero attached hydrogens (tertiary/aromatic N) is 2. The number of rotatable bonds is 6. The van der Waals surface area contributed by atoms with E-state index in [2.05, 4.69) is 11.6 Å². The van der Waals surface area contributed by atoms with Crippen LogP contribution >= 0.6 is 0 Å². The third-order valence-electron chi connectivity index (χ3n) is 3.04. The lowest BCUT2D eigenvalue weighted by Crippen LogP contribution is -2.31. The fourth-order valence-electron chi connectivity index (χ4n) is 2.01. The van der Waals surface area contributed by atoms with E-state index in [1.54, 1.807) is 11.0 Å². The standard InChI is InChI=1S/C17H16N2O3/c1-2-11-19(12-13-7-4-3-5-8-13)16(20)14-9-6-10-15(18-14)17(21)22/h2-10H,1,11-12H2,(H,21,22). The molecule has 2 aromatic rings. The number of benzene rings is 1. The summed E-state index contributed by atoms with van der Waals surface area (Å²) in [5.41, 5.74) is 0.939. The molecule has 1 N–H and O–H groups in total. The van der Waals surface area contributed by atoms with Crippen LogP contribution in [0.15, 0.2) is 61.2 Å². The van der Waals surface area contributed by atoms with Crippen LogP contribution in [0.4, 0.5) is 0 Å². The number of aromatic nitrogens is 1. The molecule has 1 heterocycles. The molecule has 1 aromatic carbocycles. The smallest absolute Gasteiger partial charge is 0.354 e. The molecule has 0 unspecified atom stereocenters. The van der Waals surface area contributed by atoms with Gasteiger partial charge in [-0.3, -0.25) is 4.79 Å². The summed E-state index contributed by atoms with van der Waals surface area (Å²) in [5.74, 6) is -1.49. The first-order valence-electron chi connectivity index (χ1n) is 6.76. The number of hydrogen-bond donors (Lipinski definition) is 1. The molecule has 0 aliphatic heterocycles. The molecule has 0 fully saturated rings. The summed E-state index contributed by atoms with van der Waals surface area (Å²) in [5, 5.41) is 8.96. The minimum absolute atomic E-state index is 0.109. The van der Waals surface area contributed by atoms with Crippen LogP contribution in [0.25, 0.3) is 0 Å². The number of pyridine rings is 1. The Morgan fingerprint density at radius 2 is 1.77 bits per heavy atom. The lowest BCUT2D eigenvalue weighted by atomic mass is 10.2. The molecule has 1 aromatic heterocycles. The van der Waals surface area contributed by atoms with Crippen LogP contribution in [0, 0.1) is 0 Å². The van der Waals surface area contributed by atoms with Crippen LogP contribution < -0.4 is 0 Å². The Bertz CT molecular complexity index is 683. The fraction of sp³-hybridized carbons (Fsp3) is 0.118. The quantitative estimate of drug-likeness (QED) is 0.832. The van der Waals surface area contributed by atoms with Crippen molar-refractivity contribution in [2.45, 2.75) is 6.54 Å². The molecule has 112 valence electrons. The van der Waals surface area contributed by atoms with Gasteiger partial charge in [0.2, 0.25) is 0 Å². The van der Waals surface area contributed by atoms with Crippen LogP contribution in [-0.4, -0.2) is 33.4 Å². The van der Waals surface area contributed by atoms with E-state index in [9.17, 15) is 9.59 Å². The molecular formula is C17H16N2O3. The zero-order chi connectivity index (χ0) is 15.9. The average molecular weight is 296 g/mol. The van der Waals surface area contributed by atoms with Gasteiger partial charge in [-0.25, -0.2) is 9.78 Å². The molecule has 0 saturated heterocycles. The summed E-state index contributed by atoms with van der Waals surface area (Å²) < 4.78 is 0. The molecule has 0 radical (unpaired) electrons. The van der Waals surface area contributed by atoms with Gasteiger partial charge in [-0.2, -0.15) is 0 Å². The molecule has 0 spiro atoms. The highest BCUT2D eigenvalue weighted by atomic mass is 16.4.